The third kappa shape index (κ3) is 4.75. The summed E-state index contributed by atoms with van der Waals surface area (Å²) < 4.78 is 27.4. The third-order valence-corrected chi connectivity index (χ3v) is 6.82. The molecule has 4 nitrogen and oxygen atoms in total. The van der Waals surface area contributed by atoms with E-state index in [1.165, 1.54) is 24.2 Å². The van der Waals surface area contributed by atoms with E-state index in [0.717, 1.165) is 17.2 Å². The topological polar surface area (TPSA) is 58.2 Å². The molecule has 2 N–H and O–H groups in total. The van der Waals surface area contributed by atoms with Gasteiger partial charge >= 0.3 is 0 Å². The van der Waals surface area contributed by atoms with Gasteiger partial charge in [-0.25, -0.2) is 13.1 Å². The lowest BCUT2D eigenvalue weighted by molar-refractivity contribution is 0.573. The predicted molar refractivity (Wildman–Crippen MR) is 82.3 cm³/mol. The summed E-state index contributed by atoms with van der Waals surface area (Å²) in [6.45, 7) is 2.66. The highest BCUT2D eigenvalue weighted by Gasteiger charge is 2.22. The molecule has 1 aliphatic carbocycles. The van der Waals surface area contributed by atoms with E-state index in [1.807, 2.05) is 19.2 Å². The van der Waals surface area contributed by atoms with Gasteiger partial charge in [0.1, 0.15) is 4.21 Å². The van der Waals surface area contributed by atoms with Crippen LogP contribution < -0.4 is 10.0 Å². The number of sulfonamides is 1. The van der Waals surface area contributed by atoms with Gasteiger partial charge in [-0.1, -0.05) is 0 Å². The Morgan fingerprint density at radius 2 is 2.21 bits per heavy atom. The van der Waals surface area contributed by atoms with E-state index in [-0.39, 0.29) is 6.04 Å². The fourth-order valence-corrected chi connectivity index (χ4v) is 4.99. The van der Waals surface area contributed by atoms with Gasteiger partial charge in [0.25, 0.3) is 0 Å². The molecule has 1 atom stereocenters. The van der Waals surface area contributed by atoms with Gasteiger partial charge < -0.3 is 5.32 Å². The van der Waals surface area contributed by atoms with Crippen LogP contribution in [-0.4, -0.2) is 32.5 Å². The Labute approximate surface area is 123 Å². The van der Waals surface area contributed by atoms with Crippen LogP contribution >= 0.6 is 23.1 Å². The van der Waals surface area contributed by atoms with Crippen LogP contribution in [0.4, 0.5) is 0 Å². The molecule has 19 heavy (non-hydrogen) atoms. The molecule has 0 aromatic carbocycles. The molecule has 0 radical (unpaired) electrons. The number of nitrogens with one attached hydrogen (secondary N) is 2. The van der Waals surface area contributed by atoms with Crippen molar-refractivity contribution in [3.05, 3.63) is 17.0 Å². The minimum Gasteiger partial charge on any atom is -0.309 e. The fourth-order valence-electron chi connectivity index (χ4n) is 1.74. The summed E-state index contributed by atoms with van der Waals surface area (Å²) in [5.41, 5.74) is 0. The second kappa shape index (κ2) is 6.58. The Balaban J connectivity index is 1.95. The minimum absolute atomic E-state index is 0.0462. The van der Waals surface area contributed by atoms with E-state index in [0.29, 0.717) is 10.3 Å². The van der Waals surface area contributed by atoms with Gasteiger partial charge in [-0.15, -0.1) is 11.3 Å². The van der Waals surface area contributed by atoms with Crippen molar-refractivity contribution in [1.29, 1.82) is 0 Å². The molecule has 108 valence electrons. The van der Waals surface area contributed by atoms with Crippen molar-refractivity contribution in [2.45, 2.75) is 42.6 Å². The Kier molecular flexibility index (Phi) is 5.30. The minimum atomic E-state index is -3.36. The molecule has 1 unspecified atom stereocenters. The number of thiophene rings is 1. The average molecular weight is 321 g/mol. The normalized spacial score (nSPS) is 17.6. The maximum absolute atomic E-state index is 12.2. The molecule has 7 heteroatoms. The fraction of sp³-hybridized carbons (Fsp3) is 0.667. The molecule has 1 heterocycles. The molecular weight excluding hydrogens is 300 g/mol. The van der Waals surface area contributed by atoms with E-state index < -0.39 is 10.0 Å². The van der Waals surface area contributed by atoms with Crippen LogP contribution in [0.1, 0.15) is 24.6 Å². The van der Waals surface area contributed by atoms with Crippen molar-refractivity contribution in [1.82, 2.24) is 10.0 Å². The monoisotopic (exact) mass is 320 g/mol. The van der Waals surface area contributed by atoms with Crippen molar-refractivity contribution < 1.29 is 8.42 Å². The summed E-state index contributed by atoms with van der Waals surface area (Å²) in [7, 11) is -3.36. The van der Waals surface area contributed by atoms with Crippen LogP contribution in [0, 0.1) is 0 Å². The smallest absolute Gasteiger partial charge is 0.250 e. The first-order chi connectivity index (χ1) is 9.01. The van der Waals surface area contributed by atoms with Gasteiger partial charge in [0.2, 0.25) is 10.0 Å². The Morgan fingerprint density at radius 3 is 2.84 bits per heavy atom. The third-order valence-electron chi connectivity index (χ3n) is 2.82. The van der Waals surface area contributed by atoms with Gasteiger partial charge in [0.15, 0.2) is 0 Å². The molecule has 2 rings (SSSR count). The van der Waals surface area contributed by atoms with Gasteiger partial charge in [-0.2, -0.15) is 11.8 Å². The number of hydrogen-bond donors (Lipinski definition) is 2. The highest BCUT2D eigenvalue weighted by Crippen LogP contribution is 2.24. The molecule has 0 bridgehead atoms. The highest BCUT2D eigenvalue weighted by atomic mass is 32.2. The standard InChI is InChI=1S/C12H20N2O2S3/c1-9(8-17-2)14-19(15,16)12-6-5-11(18-12)7-13-10-3-4-10/h5-6,9-10,13-14H,3-4,7-8H2,1-2H3. The summed E-state index contributed by atoms with van der Waals surface area (Å²) in [5.74, 6) is 0.778. The second-order valence-corrected chi connectivity index (χ2v) is 8.87. The number of thioether (sulfide) groups is 1. The van der Waals surface area contributed by atoms with Gasteiger partial charge in [-0.3, -0.25) is 0 Å². The average Bonchev–Trinajstić information content (AvgIpc) is 3.02. The van der Waals surface area contributed by atoms with E-state index in [9.17, 15) is 8.42 Å². The van der Waals surface area contributed by atoms with Crippen LogP contribution in [0.3, 0.4) is 0 Å². The molecule has 0 spiro atoms. The Morgan fingerprint density at radius 1 is 1.47 bits per heavy atom. The Hall–Kier alpha value is -0.0800. The summed E-state index contributed by atoms with van der Waals surface area (Å²) in [5, 5.41) is 3.39. The first-order valence-corrected chi connectivity index (χ1v) is 10.0. The summed E-state index contributed by atoms with van der Waals surface area (Å²) in [6, 6.07) is 4.19. The molecule has 1 aromatic rings. The predicted octanol–water partition coefficient (Wildman–Crippen LogP) is 2.03. The number of hydrogen-bond acceptors (Lipinski definition) is 5. The lowest BCUT2D eigenvalue weighted by Gasteiger charge is -2.11. The molecular formula is C12H20N2O2S3. The Bertz CT molecular complexity index is 509. The maximum atomic E-state index is 12.2. The van der Waals surface area contributed by atoms with Crippen molar-refractivity contribution >= 4 is 33.1 Å². The van der Waals surface area contributed by atoms with Crippen LogP contribution in [0.25, 0.3) is 0 Å². The molecule has 0 saturated heterocycles. The van der Waals surface area contributed by atoms with Crippen molar-refractivity contribution in [2.24, 2.45) is 0 Å². The van der Waals surface area contributed by atoms with Crippen LogP contribution in [0.5, 0.6) is 0 Å². The van der Waals surface area contributed by atoms with Crippen molar-refractivity contribution in [3.8, 4) is 0 Å². The first-order valence-electron chi connectivity index (χ1n) is 6.34. The number of rotatable bonds is 8. The van der Waals surface area contributed by atoms with Crippen LogP contribution in [-0.2, 0) is 16.6 Å². The molecule has 1 aliphatic rings. The summed E-state index contributed by atoms with van der Waals surface area (Å²) >= 11 is 2.99. The van der Waals surface area contributed by atoms with E-state index in [4.69, 9.17) is 0 Å². The zero-order chi connectivity index (χ0) is 13.9. The van der Waals surface area contributed by atoms with E-state index in [1.54, 1.807) is 17.8 Å². The molecule has 0 amide bonds. The van der Waals surface area contributed by atoms with Gasteiger partial charge in [0.05, 0.1) is 0 Å². The van der Waals surface area contributed by atoms with Gasteiger partial charge in [0, 0.05) is 29.3 Å². The molecule has 0 aliphatic heterocycles. The first kappa shape index (κ1) is 15.3. The van der Waals surface area contributed by atoms with E-state index >= 15 is 0 Å². The van der Waals surface area contributed by atoms with Crippen molar-refractivity contribution in [3.63, 3.8) is 0 Å². The summed E-state index contributed by atoms with van der Waals surface area (Å²) in [4.78, 5) is 1.07. The lowest BCUT2D eigenvalue weighted by Crippen LogP contribution is -2.33. The SMILES string of the molecule is CSCC(C)NS(=O)(=O)c1ccc(CNC2CC2)s1. The van der Waals surface area contributed by atoms with Crippen LogP contribution in [0.2, 0.25) is 0 Å². The zero-order valence-electron chi connectivity index (χ0n) is 11.2. The highest BCUT2D eigenvalue weighted by molar-refractivity contribution is 7.98. The van der Waals surface area contributed by atoms with Crippen molar-refractivity contribution in [2.75, 3.05) is 12.0 Å². The quantitative estimate of drug-likeness (QED) is 0.769. The van der Waals surface area contributed by atoms with E-state index in [2.05, 4.69) is 10.0 Å². The largest absolute Gasteiger partial charge is 0.309 e. The molecule has 1 aromatic heterocycles. The molecule has 1 saturated carbocycles. The second-order valence-electron chi connectivity index (χ2n) is 4.85. The van der Waals surface area contributed by atoms with Crippen LogP contribution in [0.15, 0.2) is 16.3 Å². The molecule has 1 fully saturated rings. The maximum Gasteiger partial charge on any atom is 0.250 e. The summed E-state index contributed by atoms with van der Waals surface area (Å²) in [6.07, 6.45) is 4.45. The van der Waals surface area contributed by atoms with Gasteiger partial charge in [-0.05, 0) is 38.2 Å². The zero-order valence-corrected chi connectivity index (χ0v) is 13.6. The lowest BCUT2D eigenvalue weighted by atomic mass is 10.4.